The highest BCUT2D eigenvalue weighted by atomic mass is 79.9. The first-order valence-corrected chi connectivity index (χ1v) is 43.2. The van der Waals surface area contributed by atoms with Crippen molar-refractivity contribution >= 4 is 141 Å². The quantitative estimate of drug-likeness (QED) is 0.0130. The summed E-state index contributed by atoms with van der Waals surface area (Å²) in [5.41, 5.74) is 13.0. The fourth-order valence-corrected chi connectivity index (χ4v) is 14.4. The number of fused-ring (bicyclic) bond motifs is 4. The van der Waals surface area contributed by atoms with Gasteiger partial charge in [-0.3, -0.25) is 19.6 Å². The van der Waals surface area contributed by atoms with Crippen molar-refractivity contribution in [2.24, 2.45) is 5.73 Å². The van der Waals surface area contributed by atoms with Crippen LogP contribution < -0.4 is 65.0 Å². The lowest BCUT2D eigenvalue weighted by atomic mass is 9.80. The molecule has 0 aliphatic carbocycles. The molecule has 0 spiro atoms. The number of hydrogen-bond donors (Lipinski definition) is 7. The number of halogens is 14. The van der Waals surface area contributed by atoms with Crippen molar-refractivity contribution in [3.8, 4) is 79.4 Å². The lowest BCUT2D eigenvalue weighted by molar-refractivity contribution is -0.156. The van der Waals surface area contributed by atoms with Crippen molar-refractivity contribution < 1.29 is 117 Å². The number of nitrogens with two attached hydrogens (primary N) is 1. The number of aliphatic carboxylic acids is 1. The number of pyridine rings is 2. The van der Waals surface area contributed by atoms with Crippen LogP contribution in [-0.4, -0.2) is 164 Å². The van der Waals surface area contributed by atoms with Crippen molar-refractivity contribution in [1.29, 1.82) is 0 Å². The van der Waals surface area contributed by atoms with E-state index in [1.165, 1.54) is 58.8 Å². The minimum Gasteiger partial charge on any atom is -0.494 e. The Hall–Kier alpha value is -11.2. The normalized spacial score (nSPS) is 14.3. The SMILES string of the molecule is C.CC(C)(C)OC(=O)NCC1Cc2cc(Br)cc(Cl)c2O1.COc1cccc(-c2cc(Cl)c3c(c2)CC(CN)O3)c1F.COc1cccc(-c2cc(Cl)c3c(c2)CC(CNC(=O)/C=C/c2cccnc2)O3)c1F.COc1cccc(-c2cc(Cl)c3c(c2)CC(CNC(=O)OC(C)(C)C)O3)c1F.COc1cccc(B(O)O)c1F.ClCCl.O=C(O)/C=C/c1cccnc1.O=CC(F)(F)F. The Morgan fingerprint density at radius 1 is 0.504 bits per heavy atom. The van der Waals surface area contributed by atoms with Crippen molar-refractivity contribution in [1.82, 2.24) is 25.9 Å². The van der Waals surface area contributed by atoms with Gasteiger partial charge in [0.05, 0.1) is 73.5 Å². The lowest BCUT2D eigenvalue weighted by Crippen LogP contribution is -2.38. The number of carbonyl (C=O) groups is 5. The van der Waals surface area contributed by atoms with Crippen molar-refractivity contribution in [2.75, 3.05) is 60.0 Å². The molecule has 6 heterocycles. The van der Waals surface area contributed by atoms with E-state index in [1.54, 1.807) is 149 Å². The molecule has 133 heavy (non-hydrogen) atoms. The van der Waals surface area contributed by atoms with Gasteiger partial charge in [0.1, 0.15) is 58.6 Å². The highest BCUT2D eigenvalue weighted by Crippen LogP contribution is 2.45. The van der Waals surface area contributed by atoms with E-state index in [2.05, 4.69) is 46.6 Å². The molecule has 712 valence electrons. The smallest absolute Gasteiger partial charge is 0.491 e. The maximum Gasteiger partial charge on any atom is 0.491 e. The van der Waals surface area contributed by atoms with Gasteiger partial charge in [-0.2, -0.15) is 13.2 Å². The zero-order valence-electron chi connectivity index (χ0n) is 72.5. The van der Waals surface area contributed by atoms with E-state index in [0.717, 1.165) is 43.9 Å². The van der Waals surface area contributed by atoms with Gasteiger partial charge in [0, 0.05) is 118 Å². The number of alkyl carbamates (subject to hydrolysis) is 2. The summed E-state index contributed by atoms with van der Waals surface area (Å²) in [5.74, 6) is -0.167. The molecule has 8 N–H and O–H groups in total. The molecule has 4 aliphatic heterocycles. The largest absolute Gasteiger partial charge is 0.494 e. The highest BCUT2D eigenvalue weighted by Gasteiger charge is 2.33. The Morgan fingerprint density at radius 3 is 1.15 bits per heavy atom. The second kappa shape index (κ2) is 53.0. The number of carbonyl (C=O) groups excluding carboxylic acids is 4. The number of nitrogens with one attached hydrogen (secondary N) is 3. The first-order valence-electron chi connectivity index (χ1n) is 39.8. The maximum absolute atomic E-state index is 14.7. The topological polar surface area (TPSA) is 326 Å². The number of aldehydes is 1. The molecular weight excluding hydrogens is 1940 g/mol. The molecule has 4 atom stereocenters. The molecule has 10 aromatic rings. The monoisotopic (exact) mass is 2030 g/mol. The van der Waals surface area contributed by atoms with Gasteiger partial charge >= 0.3 is 31.5 Å². The molecule has 3 amide bonds. The van der Waals surface area contributed by atoms with Crippen molar-refractivity contribution in [2.45, 2.75) is 116 Å². The number of carboxylic acid groups (broad SMARTS) is 1. The average Bonchev–Trinajstić information content (AvgIpc) is 1.68. The standard InChI is InChI=1S/C24H20ClFN2O3.C21H23ClFNO4.C16H15ClFNO2.C14H17BrClNO3.C8H7NO2.C7H8BFO3.C2HF3O.CH2Cl2.CH4/c1-30-21-6-2-5-19(23(21)26)16-10-17-11-18(31-24(17)20(25)12-16)14-28-22(29)8-7-15-4-3-9-27-13-15;1-21(2,3)28-20(25)24-11-14-9-13-8-12(10-16(22)19(13)27-14)15-6-5-7-17(26-4)18(15)23;1-20-14-4-2-3-12(15(14)18)9-5-10-6-11(8-19)21-16(10)13(17)7-9;1-14(2,3)20-13(18)17-7-10-5-8-4-9(15)6-11(16)12(8)19-10;10-8(11)4-3-7-2-1-5-9-6-7;1-12-6-4-2-3-5(7(6)9)8(10)11;3-2(4,5)1-6;2-1-3;/h2-10,12-13,18H,11,14H2,1H3,(H,28,29);5-8,10,14H,9,11H2,1-4H3,(H,24,25);2-5,7,11H,6,8,19H2,1H3;4,6,10H,5,7H2,1-3H3,(H,17,18);1-6H,(H,10,11);2-4,10-11H,1H3;1H;1H2;1H4/b8-7+;;;;4-3+;;;;. The third-order valence-corrected chi connectivity index (χ3v) is 19.8. The molecule has 4 aliphatic rings. The number of aromatic nitrogens is 2. The molecule has 2 aromatic heterocycles. The van der Waals surface area contributed by atoms with E-state index < -0.39 is 72.2 Å². The second-order valence-electron chi connectivity index (χ2n) is 30.3. The van der Waals surface area contributed by atoms with Gasteiger partial charge in [-0.1, -0.05) is 130 Å². The van der Waals surface area contributed by atoms with Crippen LogP contribution in [0.3, 0.4) is 0 Å². The molecule has 39 heteroatoms. The number of methoxy groups -OCH3 is 4. The molecule has 24 nitrogen and oxygen atoms in total. The molecule has 4 unspecified atom stereocenters. The van der Waals surface area contributed by atoms with Crippen molar-refractivity contribution in [3.05, 3.63) is 264 Å². The summed E-state index contributed by atoms with van der Waals surface area (Å²) in [5, 5.41) is 35.9. The van der Waals surface area contributed by atoms with E-state index >= 15 is 0 Å². The molecule has 0 radical (unpaired) electrons. The number of amides is 3. The third-order valence-electron chi connectivity index (χ3n) is 18.2. The number of carboxylic acids is 1. The Labute approximate surface area is 803 Å². The van der Waals surface area contributed by atoms with E-state index in [1.807, 2.05) is 51.1 Å². The number of nitrogens with zero attached hydrogens (tertiary/aromatic N) is 2. The lowest BCUT2D eigenvalue weighted by Gasteiger charge is -2.20. The summed E-state index contributed by atoms with van der Waals surface area (Å²) in [6, 6.07) is 40.8. The van der Waals surface area contributed by atoms with E-state index in [9.17, 15) is 49.9 Å². The minimum absolute atomic E-state index is 0. The van der Waals surface area contributed by atoms with Gasteiger partial charge in [0.2, 0.25) is 12.2 Å². The molecule has 0 fully saturated rings. The Kier molecular flexibility index (Phi) is 44.0. The summed E-state index contributed by atoms with van der Waals surface area (Å²) in [7, 11) is 3.80. The van der Waals surface area contributed by atoms with Crippen LogP contribution in [0.2, 0.25) is 20.1 Å². The average molecular weight is 2040 g/mol. The zero-order chi connectivity index (χ0) is 97.3. The Bertz CT molecular complexity index is 5640. The number of hydrogen-bond acceptors (Lipinski definition) is 20. The van der Waals surface area contributed by atoms with Gasteiger partial charge in [-0.15, -0.1) is 23.2 Å². The predicted molar refractivity (Wildman–Crippen MR) is 505 cm³/mol. The number of alkyl halides is 5. The summed E-state index contributed by atoms with van der Waals surface area (Å²) in [4.78, 5) is 62.1. The number of ether oxygens (including phenoxy) is 10. The first kappa shape index (κ1) is 111. The Morgan fingerprint density at radius 2 is 0.827 bits per heavy atom. The second-order valence-corrected chi connectivity index (χ2v) is 33.6. The van der Waals surface area contributed by atoms with Crippen LogP contribution in [0.1, 0.15) is 82.3 Å². The zero-order valence-corrected chi connectivity index (χ0v) is 78.7. The first-order chi connectivity index (χ1) is 62.5. The van der Waals surface area contributed by atoms with Gasteiger partial charge in [-0.25, -0.2) is 31.9 Å². The molecule has 0 saturated carbocycles. The minimum atomic E-state index is -4.64. The Balaban J connectivity index is 0.000000247. The fraction of sp³-hybridized carbons (Fsp3) is 0.287. The highest BCUT2D eigenvalue weighted by molar-refractivity contribution is 9.10. The van der Waals surface area contributed by atoms with E-state index in [-0.39, 0.29) is 78.1 Å². The molecule has 0 bridgehead atoms. The molecule has 14 rings (SSSR count). The number of benzene rings is 8. The van der Waals surface area contributed by atoms with Gasteiger partial charge in [0.15, 0.2) is 46.3 Å². The van der Waals surface area contributed by atoms with Crippen LogP contribution in [0.5, 0.6) is 46.0 Å². The van der Waals surface area contributed by atoms with Crippen LogP contribution in [0.15, 0.2) is 187 Å². The van der Waals surface area contributed by atoms with Crippen LogP contribution in [0, 0.1) is 23.3 Å². The molecular formula is C94H97BBrCl6F7N6O18. The summed E-state index contributed by atoms with van der Waals surface area (Å²) < 4.78 is 142. The summed E-state index contributed by atoms with van der Waals surface area (Å²) in [6.45, 7) is 12.3. The van der Waals surface area contributed by atoms with E-state index in [4.69, 9.17) is 138 Å². The van der Waals surface area contributed by atoms with Crippen molar-refractivity contribution in [3.63, 3.8) is 0 Å². The van der Waals surface area contributed by atoms with Crippen LogP contribution >= 0.6 is 85.5 Å². The van der Waals surface area contributed by atoms with Gasteiger partial charge < -0.3 is 84.2 Å². The summed E-state index contributed by atoms with van der Waals surface area (Å²) >= 11 is 38.1. The van der Waals surface area contributed by atoms with Crippen LogP contribution in [-0.2, 0) is 49.5 Å². The van der Waals surface area contributed by atoms with Gasteiger partial charge in [0.25, 0.3) is 0 Å². The van der Waals surface area contributed by atoms with Gasteiger partial charge in [-0.05, 0) is 166 Å². The van der Waals surface area contributed by atoms with Crippen LogP contribution in [0.4, 0.5) is 40.3 Å². The van der Waals surface area contributed by atoms with E-state index in [0.29, 0.717) is 122 Å². The third kappa shape index (κ3) is 35.0. The summed E-state index contributed by atoms with van der Waals surface area (Å²) in [6.07, 6.45) is 7.44. The predicted octanol–water partition coefficient (Wildman–Crippen LogP) is 20.5. The fourth-order valence-electron chi connectivity index (χ4n) is 12.6. The number of rotatable bonds is 19. The molecule has 0 saturated heterocycles. The molecule has 8 aromatic carbocycles. The van der Waals surface area contributed by atoms with Crippen LogP contribution in [0.25, 0.3) is 45.5 Å². The maximum atomic E-state index is 14.7.